The van der Waals surface area contributed by atoms with Crippen LogP contribution in [0, 0.1) is 0 Å². The minimum Gasteiger partial charge on any atom is -0.302 e. The topological polar surface area (TPSA) is 6.48 Å². The van der Waals surface area contributed by atoms with Gasteiger partial charge in [0.05, 0.1) is 0 Å². The Morgan fingerprint density at radius 2 is 1.85 bits per heavy atom. The Bertz CT molecular complexity index is 130. The largest absolute Gasteiger partial charge is 0.302 e. The van der Waals surface area contributed by atoms with E-state index in [9.17, 15) is 0 Å². The van der Waals surface area contributed by atoms with Gasteiger partial charge in [-0.15, -0.1) is 0 Å². The van der Waals surface area contributed by atoms with Gasteiger partial charge in [0, 0.05) is 12.6 Å². The first-order valence-corrected chi connectivity index (χ1v) is 5.70. The normalized spacial score (nSPS) is 21.2. The molecule has 1 saturated heterocycles. The molecular weight excluding hydrogens is 160 g/mol. The SMILES string of the molecule is CCC(CN1CCCC1)N(C)CC. The first kappa shape index (κ1) is 11.0. The Morgan fingerprint density at radius 3 is 2.31 bits per heavy atom. The van der Waals surface area contributed by atoms with Crippen molar-refractivity contribution >= 4 is 0 Å². The van der Waals surface area contributed by atoms with Crippen LogP contribution >= 0.6 is 0 Å². The molecule has 1 aliphatic heterocycles. The highest BCUT2D eigenvalue weighted by atomic mass is 15.2. The van der Waals surface area contributed by atoms with Gasteiger partial charge in [-0.05, 0) is 45.9 Å². The number of rotatable bonds is 5. The first-order chi connectivity index (χ1) is 6.27. The van der Waals surface area contributed by atoms with E-state index in [1.807, 2.05) is 0 Å². The molecule has 1 unspecified atom stereocenters. The van der Waals surface area contributed by atoms with Gasteiger partial charge in [0.1, 0.15) is 0 Å². The molecule has 0 saturated carbocycles. The molecular formula is C11H24N2. The highest BCUT2D eigenvalue weighted by molar-refractivity contribution is 4.74. The summed E-state index contributed by atoms with van der Waals surface area (Å²) in [7, 11) is 2.24. The maximum absolute atomic E-state index is 2.61. The molecule has 1 atom stereocenters. The molecule has 0 N–H and O–H groups in total. The lowest BCUT2D eigenvalue weighted by molar-refractivity contribution is 0.182. The van der Waals surface area contributed by atoms with Gasteiger partial charge in [-0.25, -0.2) is 0 Å². The molecule has 78 valence electrons. The van der Waals surface area contributed by atoms with Crippen molar-refractivity contribution in [3.05, 3.63) is 0 Å². The van der Waals surface area contributed by atoms with Crippen molar-refractivity contribution in [3.8, 4) is 0 Å². The summed E-state index contributed by atoms with van der Waals surface area (Å²) in [6.07, 6.45) is 4.10. The van der Waals surface area contributed by atoms with E-state index in [-0.39, 0.29) is 0 Å². The van der Waals surface area contributed by atoms with Crippen molar-refractivity contribution in [3.63, 3.8) is 0 Å². The zero-order valence-electron chi connectivity index (χ0n) is 9.42. The summed E-state index contributed by atoms with van der Waals surface area (Å²) in [4.78, 5) is 5.08. The van der Waals surface area contributed by atoms with Crippen LogP contribution in [0.2, 0.25) is 0 Å². The van der Waals surface area contributed by atoms with Gasteiger partial charge in [0.2, 0.25) is 0 Å². The van der Waals surface area contributed by atoms with Gasteiger partial charge >= 0.3 is 0 Å². The van der Waals surface area contributed by atoms with E-state index in [0.29, 0.717) is 0 Å². The van der Waals surface area contributed by atoms with E-state index in [1.165, 1.54) is 45.4 Å². The fraction of sp³-hybridized carbons (Fsp3) is 1.00. The lowest BCUT2D eigenvalue weighted by Gasteiger charge is -2.29. The second kappa shape index (κ2) is 5.61. The van der Waals surface area contributed by atoms with E-state index in [2.05, 4.69) is 30.7 Å². The Kier molecular flexibility index (Phi) is 4.74. The molecule has 0 amide bonds. The van der Waals surface area contributed by atoms with Gasteiger partial charge in [-0.1, -0.05) is 13.8 Å². The number of hydrogen-bond donors (Lipinski definition) is 0. The monoisotopic (exact) mass is 184 g/mol. The Morgan fingerprint density at radius 1 is 1.23 bits per heavy atom. The Balaban J connectivity index is 2.29. The average Bonchev–Trinajstić information content (AvgIpc) is 2.65. The van der Waals surface area contributed by atoms with E-state index in [4.69, 9.17) is 0 Å². The molecule has 1 heterocycles. The molecule has 1 fully saturated rings. The third-order valence-corrected chi connectivity index (χ3v) is 3.26. The van der Waals surface area contributed by atoms with Gasteiger partial charge in [0.15, 0.2) is 0 Å². The lowest BCUT2D eigenvalue weighted by atomic mass is 10.2. The highest BCUT2D eigenvalue weighted by Crippen LogP contribution is 2.11. The van der Waals surface area contributed by atoms with Crippen molar-refractivity contribution in [2.75, 3.05) is 33.2 Å². The summed E-state index contributed by atoms with van der Waals surface area (Å²) in [6.45, 7) is 9.65. The lowest BCUT2D eigenvalue weighted by Crippen LogP contribution is -2.40. The fourth-order valence-corrected chi connectivity index (χ4v) is 2.10. The van der Waals surface area contributed by atoms with Crippen molar-refractivity contribution in [2.45, 2.75) is 39.2 Å². The minimum absolute atomic E-state index is 0.767. The molecule has 13 heavy (non-hydrogen) atoms. The number of hydrogen-bond acceptors (Lipinski definition) is 2. The van der Waals surface area contributed by atoms with E-state index >= 15 is 0 Å². The third kappa shape index (κ3) is 3.28. The van der Waals surface area contributed by atoms with E-state index in [1.54, 1.807) is 0 Å². The molecule has 0 aromatic carbocycles. The molecule has 0 aliphatic carbocycles. The van der Waals surface area contributed by atoms with Gasteiger partial charge in [0.25, 0.3) is 0 Å². The van der Waals surface area contributed by atoms with Crippen LogP contribution in [0.4, 0.5) is 0 Å². The number of nitrogens with zero attached hydrogens (tertiary/aromatic N) is 2. The van der Waals surface area contributed by atoms with Crippen LogP contribution in [0.15, 0.2) is 0 Å². The second-order valence-electron chi connectivity index (χ2n) is 4.14. The molecule has 0 aromatic heterocycles. The summed E-state index contributed by atoms with van der Waals surface area (Å²) in [6, 6.07) is 0.767. The molecule has 2 nitrogen and oxygen atoms in total. The Hall–Kier alpha value is -0.0800. The van der Waals surface area contributed by atoms with Crippen molar-refractivity contribution in [2.24, 2.45) is 0 Å². The molecule has 0 spiro atoms. The molecule has 0 radical (unpaired) electrons. The summed E-state index contributed by atoms with van der Waals surface area (Å²) in [5, 5.41) is 0. The number of likely N-dealkylation sites (tertiary alicyclic amines) is 1. The number of likely N-dealkylation sites (N-methyl/N-ethyl adjacent to an activating group) is 1. The van der Waals surface area contributed by atoms with Crippen LogP contribution in [-0.4, -0.2) is 49.1 Å². The quantitative estimate of drug-likeness (QED) is 0.643. The van der Waals surface area contributed by atoms with Crippen molar-refractivity contribution in [1.82, 2.24) is 9.80 Å². The fourth-order valence-electron chi connectivity index (χ4n) is 2.10. The van der Waals surface area contributed by atoms with Crippen LogP contribution in [0.3, 0.4) is 0 Å². The summed E-state index contributed by atoms with van der Waals surface area (Å²) < 4.78 is 0. The predicted molar refractivity (Wildman–Crippen MR) is 58.1 cm³/mol. The molecule has 1 rings (SSSR count). The Labute approximate surface area is 82.9 Å². The van der Waals surface area contributed by atoms with Crippen LogP contribution in [0.25, 0.3) is 0 Å². The standard InChI is InChI=1S/C11H24N2/c1-4-11(12(3)5-2)10-13-8-6-7-9-13/h11H,4-10H2,1-3H3. The van der Waals surface area contributed by atoms with Gasteiger partial charge in [-0.2, -0.15) is 0 Å². The zero-order chi connectivity index (χ0) is 9.68. The summed E-state index contributed by atoms with van der Waals surface area (Å²) >= 11 is 0. The van der Waals surface area contributed by atoms with Crippen LogP contribution in [0.5, 0.6) is 0 Å². The van der Waals surface area contributed by atoms with Gasteiger partial charge < -0.3 is 9.80 Å². The van der Waals surface area contributed by atoms with Crippen molar-refractivity contribution < 1.29 is 0 Å². The predicted octanol–water partition coefficient (Wildman–Crippen LogP) is 1.81. The van der Waals surface area contributed by atoms with Crippen molar-refractivity contribution in [1.29, 1.82) is 0 Å². The molecule has 0 aromatic rings. The van der Waals surface area contributed by atoms with E-state index in [0.717, 1.165) is 6.04 Å². The molecule has 1 aliphatic rings. The maximum atomic E-state index is 2.61. The second-order valence-corrected chi connectivity index (χ2v) is 4.14. The van der Waals surface area contributed by atoms with Crippen LogP contribution < -0.4 is 0 Å². The smallest absolute Gasteiger partial charge is 0.0217 e. The highest BCUT2D eigenvalue weighted by Gasteiger charge is 2.18. The summed E-state index contributed by atoms with van der Waals surface area (Å²) in [5.74, 6) is 0. The zero-order valence-corrected chi connectivity index (χ0v) is 9.42. The average molecular weight is 184 g/mol. The first-order valence-electron chi connectivity index (χ1n) is 5.70. The van der Waals surface area contributed by atoms with E-state index < -0.39 is 0 Å². The third-order valence-electron chi connectivity index (χ3n) is 3.26. The minimum atomic E-state index is 0.767. The van der Waals surface area contributed by atoms with Crippen LogP contribution in [0.1, 0.15) is 33.1 Å². The maximum Gasteiger partial charge on any atom is 0.0217 e. The van der Waals surface area contributed by atoms with Gasteiger partial charge in [-0.3, -0.25) is 0 Å². The summed E-state index contributed by atoms with van der Waals surface area (Å²) in [5.41, 5.74) is 0. The molecule has 2 heteroatoms. The van der Waals surface area contributed by atoms with Crippen LogP contribution in [-0.2, 0) is 0 Å². The molecule has 0 bridgehead atoms.